The first kappa shape index (κ1) is 19.7. The number of nitrogens with two attached hydrogens (primary N) is 1. The standard InChI is InChI=1S/C17H18N2O5S2/c1-3-23-17(22)13-11(14(16(21)19-2)26-15(13)18)9-24-12(20)7-6-10-5-4-8-25-10/h4-8H,3,9,18H2,1-2H3,(H,19,21)/b7-6+. The van der Waals surface area contributed by atoms with Crippen molar-refractivity contribution >= 4 is 51.6 Å². The molecule has 7 nitrogen and oxygen atoms in total. The quantitative estimate of drug-likeness (QED) is 0.552. The molecule has 0 aliphatic rings. The predicted octanol–water partition coefficient (Wildman–Crippen LogP) is 2.68. The van der Waals surface area contributed by atoms with Crippen molar-refractivity contribution in [3.05, 3.63) is 44.5 Å². The molecule has 0 spiro atoms. The van der Waals surface area contributed by atoms with Gasteiger partial charge in [-0.25, -0.2) is 9.59 Å². The van der Waals surface area contributed by atoms with Gasteiger partial charge in [0.2, 0.25) is 0 Å². The number of rotatable bonds is 7. The van der Waals surface area contributed by atoms with Gasteiger partial charge in [0.25, 0.3) is 5.91 Å². The number of carbonyl (C=O) groups is 3. The second-order valence-corrected chi connectivity index (χ2v) is 6.94. The molecule has 0 radical (unpaired) electrons. The maximum absolute atomic E-state index is 12.2. The van der Waals surface area contributed by atoms with Crippen LogP contribution in [-0.2, 0) is 20.9 Å². The van der Waals surface area contributed by atoms with Crippen LogP contribution in [0.5, 0.6) is 0 Å². The summed E-state index contributed by atoms with van der Waals surface area (Å²) < 4.78 is 10.2. The van der Waals surface area contributed by atoms with Crippen molar-refractivity contribution in [3.63, 3.8) is 0 Å². The van der Waals surface area contributed by atoms with Gasteiger partial charge in [0, 0.05) is 23.6 Å². The molecule has 0 fully saturated rings. The minimum atomic E-state index is -0.656. The number of esters is 2. The summed E-state index contributed by atoms with van der Waals surface area (Å²) in [6.07, 6.45) is 2.91. The Kier molecular flexibility index (Phi) is 6.93. The molecule has 0 bridgehead atoms. The summed E-state index contributed by atoms with van der Waals surface area (Å²) in [5.74, 6) is -1.67. The lowest BCUT2D eigenvalue weighted by Gasteiger charge is -2.07. The number of hydrogen-bond donors (Lipinski definition) is 2. The average molecular weight is 394 g/mol. The average Bonchev–Trinajstić information content (AvgIpc) is 3.25. The monoisotopic (exact) mass is 394 g/mol. The fourth-order valence-corrected chi connectivity index (χ4v) is 3.70. The summed E-state index contributed by atoms with van der Waals surface area (Å²) in [5.41, 5.74) is 6.18. The summed E-state index contributed by atoms with van der Waals surface area (Å²) >= 11 is 2.43. The zero-order valence-corrected chi connectivity index (χ0v) is 15.9. The number of amides is 1. The molecule has 26 heavy (non-hydrogen) atoms. The Morgan fingerprint density at radius 1 is 1.31 bits per heavy atom. The predicted molar refractivity (Wildman–Crippen MR) is 101 cm³/mol. The summed E-state index contributed by atoms with van der Waals surface area (Å²) in [5, 5.41) is 4.51. The Labute approximate surface area is 158 Å². The first-order chi connectivity index (χ1) is 12.5. The van der Waals surface area contributed by atoms with Crippen molar-refractivity contribution in [1.82, 2.24) is 5.32 Å². The maximum atomic E-state index is 12.2. The van der Waals surface area contributed by atoms with Gasteiger partial charge in [-0.1, -0.05) is 6.07 Å². The molecule has 0 aliphatic heterocycles. The van der Waals surface area contributed by atoms with Crippen LogP contribution in [-0.4, -0.2) is 31.5 Å². The second-order valence-electron chi connectivity index (χ2n) is 4.91. The highest BCUT2D eigenvalue weighted by atomic mass is 32.1. The van der Waals surface area contributed by atoms with E-state index < -0.39 is 17.8 Å². The third-order valence-corrected chi connectivity index (χ3v) is 5.13. The van der Waals surface area contributed by atoms with Crippen LogP contribution < -0.4 is 11.1 Å². The van der Waals surface area contributed by atoms with Gasteiger partial charge < -0.3 is 20.5 Å². The van der Waals surface area contributed by atoms with Crippen LogP contribution >= 0.6 is 22.7 Å². The Hall–Kier alpha value is -2.65. The Morgan fingerprint density at radius 3 is 2.69 bits per heavy atom. The summed E-state index contributed by atoms with van der Waals surface area (Å²) in [6.45, 7) is 1.56. The highest BCUT2D eigenvalue weighted by Crippen LogP contribution is 2.32. The number of nitrogen functional groups attached to an aromatic ring is 1. The molecule has 0 atom stereocenters. The summed E-state index contributed by atoms with van der Waals surface area (Å²) in [7, 11) is 1.46. The van der Waals surface area contributed by atoms with Gasteiger partial charge in [0.05, 0.1) is 6.61 Å². The minimum absolute atomic E-state index is 0.0606. The van der Waals surface area contributed by atoms with Crippen LogP contribution in [0.3, 0.4) is 0 Å². The van der Waals surface area contributed by atoms with Crippen molar-refractivity contribution in [2.24, 2.45) is 0 Å². The number of nitrogens with one attached hydrogen (secondary N) is 1. The Balaban J connectivity index is 2.21. The summed E-state index contributed by atoms with van der Waals surface area (Å²) in [6, 6.07) is 3.72. The number of anilines is 1. The van der Waals surface area contributed by atoms with Crippen LogP contribution in [0.25, 0.3) is 6.08 Å². The van der Waals surface area contributed by atoms with E-state index in [1.165, 1.54) is 24.5 Å². The molecule has 3 N–H and O–H groups in total. The lowest BCUT2D eigenvalue weighted by Crippen LogP contribution is -2.19. The van der Waals surface area contributed by atoms with Crippen molar-refractivity contribution in [2.45, 2.75) is 13.5 Å². The summed E-state index contributed by atoms with van der Waals surface area (Å²) in [4.78, 5) is 37.2. The van der Waals surface area contributed by atoms with Crippen LogP contribution in [0.2, 0.25) is 0 Å². The van der Waals surface area contributed by atoms with E-state index >= 15 is 0 Å². The zero-order valence-electron chi connectivity index (χ0n) is 14.2. The van der Waals surface area contributed by atoms with E-state index in [-0.39, 0.29) is 34.2 Å². The molecule has 2 rings (SSSR count). The molecular weight excluding hydrogens is 376 g/mol. The molecule has 0 saturated carbocycles. The second kappa shape index (κ2) is 9.16. The first-order valence-corrected chi connectivity index (χ1v) is 9.36. The highest BCUT2D eigenvalue weighted by molar-refractivity contribution is 7.18. The highest BCUT2D eigenvalue weighted by Gasteiger charge is 2.27. The molecule has 1 amide bonds. The largest absolute Gasteiger partial charge is 0.462 e. The number of thiophene rings is 2. The number of hydrogen-bond acceptors (Lipinski definition) is 8. The van der Waals surface area contributed by atoms with Crippen molar-refractivity contribution in [3.8, 4) is 0 Å². The molecule has 2 heterocycles. The van der Waals surface area contributed by atoms with Gasteiger partial charge >= 0.3 is 11.9 Å². The minimum Gasteiger partial charge on any atom is -0.462 e. The SMILES string of the molecule is CCOC(=O)c1c(N)sc(C(=O)NC)c1COC(=O)/C=C/c1cccs1. The van der Waals surface area contributed by atoms with Crippen LogP contribution in [0.15, 0.2) is 23.6 Å². The molecule has 2 aromatic heterocycles. The van der Waals surface area contributed by atoms with Gasteiger partial charge in [-0.05, 0) is 24.4 Å². The maximum Gasteiger partial charge on any atom is 0.341 e. The molecule has 0 aliphatic carbocycles. The fourth-order valence-electron chi connectivity index (χ4n) is 2.07. The van der Waals surface area contributed by atoms with Crippen LogP contribution in [0.4, 0.5) is 5.00 Å². The lowest BCUT2D eigenvalue weighted by molar-refractivity contribution is -0.138. The van der Waals surface area contributed by atoms with Gasteiger partial charge in [-0.2, -0.15) is 0 Å². The molecular formula is C17H18N2O5S2. The smallest absolute Gasteiger partial charge is 0.341 e. The number of carbonyl (C=O) groups excluding carboxylic acids is 3. The topological polar surface area (TPSA) is 108 Å². The normalized spacial score (nSPS) is 10.7. The van der Waals surface area contributed by atoms with Crippen molar-refractivity contribution in [2.75, 3.05) is 19.4 Å². The van der Waals surface area contributed by atoms with E-state index in [1.807, 2.05) is 17.5 Å². The Bertz CT molecular complexity index is 825. The molecule has 2 aromatic rings. The molecule has 138 valence electrons. The van der Waals surface area contributed by atoms with E-state index in [0.717, 1.165) is 16.2 Å². The van der Waals surface area contributed by atoms with Crippen molar-refractivity contribution in [1.29, 1.82) is 0 Å². The lowest BCUT2D eigenvalue weighted by atomic mass is 10.1. The van der Waals surface area contributed by atoms with E-state index in [2.05, 4.69) is 5.32 Å². The van der Waals surface area contributed by atoms with Crippen LogP contribution in [0.1, 0.15) is 37.4 Å². The van der Waals surface area contributed by atoms with Gasteiger partial charge in [0.15, 0.2) is 0 Å². The van der Waals surface area contributed by atoms with Crippen LogP contribution in [0, 0.1) is 0 Å². The van der Waals surface area contributed by atoms with E-state index in [4.69, 9.17) is 15.2 Å². The van der Waals surface area contributed by atoms with Crippen molar-refractivity contribution < 1.29 is 23.9 Å². The molecule has 0 aromatic carbocycles. The van der Waals surface area contributed by atoms with E-state index in [9.17, 15) is 14.4 Å². The fraction of sp³-hybridized carbons (Fsp3) is 0.235. The zero-order chi connectivity index (χ0) is 19.1. The Morgan fingerprint density at radius 2 is 2.08 bits per heavy atom. The number of ether oxygens (including phenoxy) is 2. The molecule has 0 saturated heterocycles. The van der Waals surface area contributed by atoms with E-state index in [1.54, 1.807) is 13.0 Å². The van der Waals surface area contributed by atoms with E-state index in [0.29, 0.717) is 0 Å². The first-order valence-electron chi connectivity index (χ1n) is 7.66. The van der Waals surface area contributed by atoms with Gasteiger partial charge in [0.1, 0.15) is 22.0 Å². The molecule has 0 unspecified atom stereocenters. The molecule has 9 heteroatoms. The third-order valence-electron chi connectivity index (χ3n) is 3.23. The van der Waals surface area contributed by atoms with Gasteiger partial charge in [-0.15, -0.1) is 22.7 Å². The van der Waals surface area contributed by atoms with Gasteiger partial charge in [-0.3, -0.25) is 4.79 Å². The third kappa shape index (κ3) is 4.70.